The highest BCUT2D eigenvalue weighted by Crippen LogP contribution is 2.23. The highest BCUT2D eigenvalue weighted by atomic mass is 35.5. The molecule has 0 aliphatic carbocycles. The van der Waals surface area contributed by atoms with Crippen molar-refractivity contribution in [2.24, 2.45) is 0 Å². The van der Waals surface area contributed by atoms with Gasteiger partial charge >= 0.3 is 0 Å². The molecule has 84 valence electrons. The fourth-order valence-corrected chi connectivity index (χ4v) is 1.91. The lowest BCUT2D eigenvalue weighted by Crippen LogP contribution is -2.20. The first-order valence-electron chi connectivity index (χ1n) is 5.33. The van der Waals surface area contributed by atoms with E-state index in [1.54, 1.807) is 0 Å². The van der Waals surface area contributed by atoms with Gasteiger partial charge in [-0.1, -0.05) is 18.5 Å². The zero-order valence-corrected chi connectivity index (χ0v) is 10.4. The monoisotopic (exact) mass is 226 g/mol. The van der Waals surface area contributed by atoms with E-state index in [4.69, 9.17) is 11.6 Å². The SMILES string of the molecule is CCCN(C)c1ccc(Cl)cc1CNC. The molecule has 0 spiro atoms. The molecule has 2 nitrogen and oxygen atoms in total. The van der Waals surface area contributed by atoms with E-state index < -0.39 is 0 Å². The van der Waals surface area contributed by atoms with Crippen molar-refractivity contribution >= 4 is 17.3 Å². The van der Waals surface area contributed by atoms with Gasteiger partial charge in [0.15, 0.2) is 0 Å². The van der Waals surface area contributed by atoms with E-state index in [2.05, 4.69) is 30.3 Å². The Kier molecular flexibility index (Phi) is 4.92. The van der Waals surface area contributed by atoms with Crippen molar-refractivity contribution in [2.45, 2.75) is 19.9 Å². The molecule has 1 rings (SSSR count). The summed E-state index contributed by atoms with van der Waals surface area (Å²) in [6.45, 7) is 4.10. The first-order valence-corrected chi connectivity index (χ1v) is 5.71. The second-order valence-corrected chi connectivity index (χ2v) is 4.16. The quantitative estimate of drug-likeness (QED) is 0.831. The molecule has 0 fully saturated rings. The molecule has 0 aliphatic rings. The number of anilines is 1. The van der Waals surface area contributed by atoms with Gasteiger partial charge in [-0.3, -0.25) is 0 Å². The third kappa shape index (κ3) is 3.40. The third-order valence-corrected chi connectivity index (χ3v) is 2.61. The zero-order chi connectivity index (χ0) is 11.3. The van der Waals surface area contributed by atoms with E-state index in [1.165, 1.54) is 11.3 Å². The van der Waals surface area contributed by atoms with Gasteiger partial charge in [0, 0.05) is 30.8 Å². The molecule has 3 heteroatoms. The minimum absolute atomic E-state index is 0.800. The van der Waals surface area contributed by atoms with Gasteiger partial charge in [0.05, 0.1) is 0 Å². The van der Waals surface area contributed by atoms with E-state index in [1.807, 2.05) is 19.2 Å². The minimum atomic E-state index is 0.800. The molecule has 0 heterocycles. The van der Waals surface area contributed by atoms with Crippen LogP contribution >= 0.6 is 11.6 Å². The molecule has 0 amide bonds. The Hall–Kier alpha value is -0.730. The molecule has 0 aliphatic heterocycles. The average molecular weight is 227 g/mol. The number of hydrogen-bond donors (Lipinski definition) is 1. The second kappa shape index (κ2) is 5.99. The van der Waals surface area contributed by atoms with Crippen LogP contribution in [0.25, 0.3) is 0 Å². The average Bonchev–Trinajstić information content (AvgIpc) is 2.18. The minimum Gasteiger partial charge on any atom is -0.374 e. The number of nitrogens with one attached hydrogen (secondary N) is 1. The smallest absolute Gasteiger partial charge is 0.0410 e. The van der Waals surface area contributed by atoms with Crippen LogP contribution in [0.1, 0.15) is 18.9 Å². The van der Waals surface area contributed by atoms with Crippen molar-refractivity contribution in [3.05, 3.63) is 28.8 Å². The maximum atomic E-state index is 5.99. The molecule has 0 saturated heterocycles. The maximum Gasteiger partial charge on any atom is 0.0410 e. The third-order valence-electron chi connectivity index (χ3n) is 2.38. The topological polar surface area (TPSA) is 15.3 Å². The molecule has 0 unspecified atom stereocenters. The summed E-state index contributed by atoms with van der Waals surface area (Å²) in [7, 11) is 4.07. The lowest BCUT2D eigenvalue weighted by molar-refractivity contribution is 0.797. The van der Waals surface area contributed by atoms with Gasteiger partial charge in [0.1, 0.15) is 0 Å². The van der Waals surface area contributed by atoms with Crippen molar-refractivity contribution in [2.75, 3.05) is 25.5 Å². The first kappa shape index (κ1) is 12.3. The molecule has 1 aromatic rings. The predicted molar refractivity (Wildman–Crippen MR) is 67.8 cm³/mol. The first-order chi connectivity index (χ1) is 7.19. The molecule has 15 heavy (non-hydrogen) atoms. The summed E-state index contributed by atoms with van der Waals surface area (Å²) in [6.07, 6.45) is 1.15. The van der Waals surface area contributed by atoms with E-state index in [0.29, 0.717) is 0 Å². The van der Waals surface area contributed by atoms with Crippen LogP contribution in [0.2, 0.25) is 5.02 Å². The zero-order valence-electron chi connectivity index (χ0n) is 9.68. The summed E-state index contributed by atoms with van der Waals surface area (Å²) >= 11 is 5.99. The van der Waals surface area contributed by atoms with Crippen LogP contribution in [0, 0.1) is 0 Å². The van der Waals surface area contributed by atoms with Crippen LogP contribution in [0.15, 0.2) is 18.2 Å². The normalized spacial score (nSPS) is 10.4. The number of benzene rings is 1. The largest absolute Gasteiger partial charge is 0.374 e. The molecular formula is C12H19ClN2. The van der Waals surface area contributed by atoms with Gasteiger partial charge in [-0.2, -0.15) is 0 Å². The van der Waals surface area contributed by atoms with E-state index in [-0.39, 0.29) is 0 Å². The lowest BCUT2D eigenvalue weighted by atomic mass is 10.1. The predicted octanol–water partition coefficient (Wildman–Crippen LogP) is 2.91. The van der Waals surface area contributed by atoms with Crippen molar-refractivity contribution in [3.8, 4) is 0 Å². The fraction of sp³-hybridized carbons (Fsp3) is 0.500. The van der Waals surface area contributed by atoms with Crippen LogP contribution in [-0.4, -0.2) is 20.6 Å². The van der Waals surface area contributed by atoms with Gasteiger partial charge in [-0.05, 0) is 37.2 Å². The Morgan fingerprint density at radius 2 is 2.13 bits per heavy atom. The number of nitrogens with zero attached hydrogens (tertiary/aromatic N) is 1. The summed E-state index contributed by atoms with van der Waals surface area (Å²) < 4.78 is 0. The second-order valence-electron chi connectivity index (χ2n) is 3.72. The summed E-state index contributed by atoms with van der Waals surface area (Å²) in [5.41, 5.74) is 2.51. The van der Waals surface area contributed by atoms with Crippen molar-refractivity contribution in [1.29, 1.82) is 0 Å². The van der Waals surface area contributed by atoms with Gasteiger partial charge in [-0.15, -0.1) is 0 Å². The van der Waals surface area contributed by atoms with E-state index in [9.17, 15) is 0 Å². The van der Waals surface area contributed by atoms with Crippen LogP contribution in [0.5, 0.6) is 0 Å². The highest BCUT2D eigenvalue weighted by molar-refractivity contribution is 6.30. The highest BCUT2D eigenvalue weighted by Gasteiger charge is 2.06. The maximum absolute atomic E-state index is 5.99. The van der Waals surface area contributed by atoms with Crippen LogP contribution in [0.4, 0.5) is 5.69 Å². The summed E-state index contributed by atoms with van der Waals surface area (Å²) in [5.74, 6) is 0. The van der Waals surface area contributed by atoms with Crippen LogP contribution in [0.3, 0.4) is 0 Å². The van der Waals surface area contributed by atoms with E-state index in [0.717, 1.165) is 24.5 Å². The van der Waals surface area contributed by atoms with Crippen molar-refractivity contribution < 1.29 is 0 Å². The van der Waals surface area contributed by atoms with Crippen molar-refractivity contribution in [1.82, 2.24) is 5.32 Å². The van der Waals surface area contributed by atoms with Gasteiger partial charge in [0.2, 0.25) is 0 Å². The molecule has 1 aromatic carbocycles. The molecule has 0 aromatic heterocycles. The Bertz CT molecular complexity index is 312. The summed E-state index contributed by atoms with van der Waals surface area (Å²) in [4.78, 5) is 2.27. The Morgan fingerprint density at radius 3 is 2.73 bits per heavy atom. The van der Waals surface area contributed by atoms with Crippen LogP contribution in [-0.2, 0) is 6.54 Å². The molecule has 0 radical (unpaired) electrons. The molecule has 0 bridgehead atoms. The van der Waals surface area contributed by atoms with Gasteiger partial charge in [0.25, 0.3) is 0 Å². The number of rotatable bonds is 5. The lowest BCUT2D eigenvalue weighted by Gasteiger charge is -2.22. The summed E-state index contributed by atoms with van der Waals surface area (Å²) in [5, 5.41) is 3.96. The Balaban J connectivity index is 2.93. The molecule has 0 atom stereocenters. The number of halogens is 1. The fourth-order valence-electron chi connectivity index (χ4n) is 1.71. The van der Waals surface area contributed by atoms with Crippen molar-refractivity contribution in [3.63, 3.8) is 0 Å². The Morgan fingerprint density at radius 1 is 1.40 bits per heavy atom. The molecule has 0 saturated carbocycles. The standard InChI is InChI=1S/C12H19ClN2/c1-4-7-15(3)12-6-5-11(13)8-10(12)9-14-2/h5-6,8,14H,4,7,9H2,1-3H3. The van der Waals surface area contributed by atoms with Gasteiger partial charge in [-0.25, -0.2) is 0 Å². The van der Waals surface area contributed by atoms with E-state index >= 15 is 0 Å². The number of hydrogen-bond acceptors (Lipinski definition) is 2. The summed E-state index contributed by atoms with van der Waals surface area (Å²) in [6, 6.07) is 6.06. The molecule has 1 N–H and O–H groups in total. The molecular weight excluding hydrogens is 208 g/mol. The van der Waals surface area contributed by atoms with Gasteiger partial charge < -0.3 is 10.2 Å². The Labute approximate surface area is 97.2 Å². The van der Waals surface area contributed by atoms with Crippen LogP contribution < -0.4 is 10.2 Å².